The monoisotopic (exact) mass is 223 g/mol. The Hall–Kier alpha value is -0.730. The predicted molar refractivity (Wildman–Crippen MR) is 64.9 cm³/mol. The molecule has 2 rings (SSSR count). The topological polar surface area (TPSA) is 17.3 Å². The first-order valence-corrected chi connectivity index (χ1v) is 5.97. The van der Waals surface area contributed by atoms with Gasteiger partial charge in [0.15, 0.2) is 0 Å². The number of alkyl halides is 1. The molecule has 0 atom stereocenters. The number of benzene rings is 1. The predicted octanol–water partition coefficient (Wildman–Crippen LogP) is 1.89. The van der Waals surface area contributed by atoms with E-state index in [1.54, 1.807) is 0 Å². The second-order valence-corrected chi connectivity index (χ2v) is 4.14. The molecule has 0 unspecified atom stereocenters. The van der Waals surface area contributed by atoms with Gasteiger partial charge in [-0.2, -0.15) is 0 Å². The molecule has 0 spiro atoms. The minimum Gasteiger partial charge on any atom is -0.369 e. The molecule has 1 aliphatic rings. The first kappa shape index (κ1) is 10.8. The van der Waals surface area contributed by atoms with Crippen LogP contribution in [0.3, 0.4) is 0 Å². The van der Waals surface area contributed by atoms with Crippen molar-refractivity contribution < 1.29 is 0 Å². The molecule has 1 aliphatic heterocycles. The van der Waals surface area contributed by atoms with E-state index in [1.807, 2.05) is 0 Å². The molecule has 1 aromatic rings. The summed E-state index contributed by atoms with van der Waals surface area (Å²) >= 11 is 5.75. The zero-order valence-corrected chi connectivity index (χ0v) is 9.58. The average molecular weight is 224 g/mol. The van der Waals surface area contributed by atoms with Gasteiger partial charge in [-0.25, -0.2) is 5.32 Å². The maximum atomic E-state index is 5.75. The molecule has 3 heteroatoms. The Labute approximate surface area is 96.2 Å². The molecule has 1 aromatic carbocycles. The van der Waals surface area contributed by atoms with Crippen LogP contribution in [0.15, 0.2) is 24.3 Å². The highest BCUT2D eigenvalue weighted by atomic mass is 35.5. The SMILES string of the molecule is ClCCc1cccc(N2CC[N]CC2)c1. The lowest BCUT2D eigenvalue weighted by molar-refractivity contribution is 0.579. The van der Waals surface area contributed by atoms with Gasteiger partial charge in [0.2, 0.25) is 0 Å². The lowest BCUT2D eigenvalue weighted by atomic mass is 10.1. The molecule has 0 bridgehead atoms. The Bertz CT molecular complexity index is 308. The summed E-state index contributed by atoms with van der Waals surface area (Å²) < 4.78 is 0. The van der Waals surface area contributed by atoms with Gasteiger partial charge in [-0.1, -0.05) is 12.1 Å². The lowest BCUT2D eigenvalue weighted by Gasteiger charge is -2.28. The fourth-order valence-corrected chi connectivity index (χ4v) is 2.10. The van der Waals surface area contributed by atoms with Crippen molar-refractivity contribution in [3.8, 4) is 0 Å². The van der Waals surface area contributed by atoms with Crippen LogP contribution in [0.5, 0.6) is 0 Å². The highest BCUT2D eigenvalue weighted by Crippen LogP contribution is 2.17. The van der Waals surface area contributed by atoms with Crippen LogP contribution in [0, 0.1) is 0 Å². The van der Waals surface area contributed by atoms with Crippen LogP contribution >= 0.6 is 11.6 Å². The first-order chi connectivity index (χ1) is 7.40. The smallest absolute Gasteiger partial charge is 0.0369 e. The summed E-state index contributed by atoms with van der Waals surface area (Å²) in [7, 11) is 0. The van der Waals surface area contributed by atoms with Crippen LogP contribution in [-0.4, -0.2) is 32.1 Å². The molecule has 2 nitrogen and oxygen atoms in total. The minimum absolute atomic E-state index is 0.693. The largest absolute Gasteiger partial charge is 0.369 e. The van der Waals surface area contributed by atoms with Crippen LogP contribution < -0.4 is 10.2 Å². The Kier molecular flexibility index (Phi) is 3.87. The van der Waals surface area contributed by atoms with Crippen molar-refractivity contribution in [2.75, 3.05) is 37.0 Å². The second kappa shape index (κ2) is 5.38. The fourth-order valence-electron chi connectivity index (χ4n) is 1.88. The van der Waals surface area contributed by atoms with Crippen molar-refractivity contribution >= 4 is 17.3 Å². The van der Waals surface area contributed by atoms with E-state index < -0.39 is 0 Å². The molecule has 15 heavy (non-hydrogen) atoms. The van der Waals surface area contributed by atoms with E-state index >= 15 is 0 Å². The van der Waals surface area contributed by atoms with Crippen molar-refractivity contribution in [1.82, 2.24) is 5.32 Å². The number of anilines is 1. The number of piperazine rings is 1. The number of nitrogens with zero attached hydrogens (tertiary/aromatic N) is 2. The highest BCUT2D eigenvalue weighted by molar-refractivity contribution is 6.17. The van der Waals surface area contributed by atoms with Gasteiger partial charge in [0, 0.05) is 37.7 Å². The zero-order valence-electron chi connectivity index (χ0n) is 8.82. The summed E-state index contributed by atoms with van der Waals surface area (Å²) in [4.78, 5) is 2.39. The first-order valence-electron chi connectivity index (χ1n) is 5.43. The molecule has 81 valence electrons. The van der Waals surface area contributed by atoms with Gasteiger partial charge < -0.3 is 4.90 Å². The molecule has 0 N–H and O–H groups in total. The Morgan fingerprint density at radius 1 is 1.27 bits per heavy atom. The maximum Gasteiger partial charge on any atom is 0.0369 e. The van der Waals surface area contributed by atoms with Gasteiger partial charge in [-0.3, -0.25) is 0 Å². The molecule has 1 radical (unpaired) electrons. The Balaban J connectivity index is 2.09. The van der Waals surface area contributed by atoms with Crippen LogP contribution in [-0.2, 0) is 6.42 Å². The summed E-state index contributed by atoms with van der Waals surface area (Å²) in [6.07, 6.45) is 0.952. The van der Waals surface area contributed by atoms with E-state index in [2.05, 4.69) is 34.5 Å². The minimum atomic E-state index is 0.693. The quantitative estimate of drug-likeness (QED) is 0.716. The molecule has 1 fully saturated rings. The van der Waals surface area contributed by atoms with E-state index in [-0.39, 0.29) is 0 Å². The Morgan fingerprint density at radius 3 is 2.80 bits per heavy atom. The number of halogens is 1. The van der Waals surface area contributed by atoms with Crippen LogP contribution in [0.1, 0.15) is 5.56 Å². The number of aryl methyl sites for hydroxylation is 1. The standard InChI is InChI=1S/C12H16ClN2/c13-5-4-11-2-1-3-12(10-11)15-8-6-14-7-9-15/h1-3,10H,4-9H2. The van der Waals surface area contributed by atoms with E-state index in [0.29, 0.717) is 5.88 Å². The van der Waals surface area contributed by atoms with Gasteiger partial charge in [0.25, 0.3) is 0 Å². The summed E-state index contributed by atoms with van der Waals surface area (Å²) in [6.45, 7) is 4.01. The van der Waals surface area contributed by atoms with Crippen LogP contribution in [0.4, 0.5) is 5.69 Å². The van der Waals surface area contributed by atoms with E-state index in [0.717, 1.165) is 32.6 Å². The third-order valence-corrected chi connectivity index (χ3v) is 2.90. The fraction of sp³-hybridized carbons (Fsp3) is 0.500. The molecular weight excluding hydrogens is 208 g/mol. The zero-order chi connectivity index (χ0) is 10.5. The van der Waals surface area contributed by atoms with Crippen molar-refractivity contribution in [2.24, 2.45) is 0 Å². The summed E-state index contributed by atoms with van der Waals surface area (Å²) in [5.41, 5.74) is 2.64. The van der Waals surface area contributed by atoms with Gasteiger partial charge in [0.05, 0.1) is 0 Å². The molecular formula is C12H16ClN2. The summed E-state index contributed by atoms with van der Waals surface area (Å²) in [6, 6.07) is 8.67. The number of hydrogen-bond donors (Lipinski definition) is 0. The summed E-state index contributed by atoms with van der Waals surface area (Å²) in [5, 5.41) is 4.35. The molecule has 0 aliphatic carbocycles. The van der Waals surface area contributed by atoms with Gasteiger partial charge in [0.1, 0.15) is 0 Å². The lowest BCUT2D eigenvalue weighted by Crippen LogP contribution is -2.40. The highest BCUT2D eigenvalue weighted by Gasteiger charge is 2.10. The van der Waals surface area contributed by atoms with E-state index in [4.69, 9.17) is 11.6 Å². The average Bonchev–Trinajstić information content (AvgIpc) is 2.31. The molecule has 1 heterocycles. The van der Waals surface area contributed by atoms with Crippen LogP contribution in [0.2, 0.25) is 0 Å². The number of rotatable bonds is 3. The normalized spacial score (nSPS) is 16.7. The van der Waals surface area contributed by atoms with Crippen molar-refractivity contribution in [1.29, 1.82) is 0 Å². The van der Waals surface area contributed by atoms with Crippen molar-refractivity contribution in [2.45, 2.75) is 6.42 Å². The molecule has 0 saturated carbocycles. The third kappa shape index (κ3) is 2.86. The molecule has 1 saturated heterocycles. The second-order valence-electron chi connectivity index (χ2n) is 3.77. The maximum absolute atomic E-state index is 5.75. The molecule has 0 aromatic heterocycles. The Morgan fingerprint density at radius 2 is 2.07 bits per heavy atom. The number of hydrogen-bond acceptors (Lipinski definition) is 1. The van der Waals surface area contributed by atoms with Crippen LogP contribution in [0.25, 0.3) is 0 Å². The van der Waals surface area contributed by atoms with Crippen molar-refractivity contribution in [3.63, 3.8) is 0 Å². The summed E-state index contributed by atoms with van der Waals surface area (Å²) in [5.74, 6) is 0.693. The van der Waals surface area contributed by atoms with Gasteiger partial charge in [-0.05, 0) is 24.1 Å². The van der Waals surface area contributed by atoms with Crippen molar-refractivity contribution in [3.05, 3.63) is 29.8 Å². The third-order valence-electron chi connectivity index (χ3n) is 2.71. The van der Waals surface area contributed by atoms with E-state index in [9.17, 15) is 0 Å². The van der Waals surface area contributed by atoms with E-state index in [1.165, 1.54) is 11.3 Å². The molecule has 0 amide bonds. The van der Waals surface area contributed by atoms with Gasteiger partial charge >= 0.3 is 0 Å². The van der Waals surface area contributed by atoms with Gasteiger partial charge in [-0.15, -0.1) is 11.6 Å².